The van der Waals surface area contributed by atoms with Crippen molar-refractivity contribution in [1.29, 1.82) is 0 Å². The first-order valence-electron chi connectivity index (χ1n) is 10.3. The van der Waals surface area contributed by atoms with Crippen molar-refractivity contribution in [3.05, 3.63) is 99.0 Å². The summed E-state index contributed by atoms with van der Waals surface area (Å²) in [6.45, 7) is 0.951. The molecule has 0 fully saturated rings. The molecule has 0 saturated heterocycles. The van der Waals surface area contributed by atoms with E-state index in [-0.39, 0.29) is 24.2 Å². The minimum absolute atomic E-state index is 0. The predicted molar refractivity (Wildman–Crippen MR) is 135 cm³/mol. The van der Waals surface area contributed by atoms with Crippen molar-refractivity contribution in [3.8, 4) is 0 Å². The van der Waals surface area contributed by atoms with Crippen LogP contribution < -0.4 is 11.1 Å². The molecule has 172 valence electrons. The number of amides is 2. The molecule has 2 amide bonds. The van der Waals surface area contributed by atoms with Gasteiger partial charge in [-0.05, 0) is 52.9 Å². The average molecular weight is 505 g/mol. The lowest BCUT2D eigenvalue weighted by Gasteiger charge is -2.20. The van der Waals surface area contributed by atoms with Gasteiger partial charge in [0.25, 0.3) is 0 Å². The van der Waals surface area contributed by atoms with Gasteiger partial charge in [0.15, 0.2) is 0 Å². The molecule has 4 rings (SSSR count). The highest BCUT2D eigenvalue weighted by Crippen LogP contribution is 2.27. The maximum Gasteiger partial charge on any atom is 0.240 e. The monoisotopic (exact) mass is 503 g/mol. The molecule has 0 unspecified atom stereocenters. The largest absolute Gasteiger partial charge is 0.333 e. The molecule has 0 spiro atoms. The quantitative estimate of drug-likeness (QED) is 0.495. The number of carbonyl (C=O) groups is 2. The normalized spacial score (nSPS) is 13.1. The number of nitrogens with one attached hydrogen (secondary N) is 1. The third kappa shape index (κ3) is 6.27. The Hall–Kier alpha value is -2.57. The molecule has 1 atom stereocenters. The van der Waals surface area contributed by atoms with Crippen LogP contribution in [0.4, 0.5) is 5.69 Å². The molecule has 1 heterocycles. The van der Waals surface area contributed by atoms with E-state index in [1.807, 2.05) is 48.5 Å². The van der Waals surface area contributed by atoms with Gasteiger partial charge in [0, 0.05) is 28.8 Å². The zero-order valence-corrected chi connectivity index (χ0v) is 20.1. The maximum atomic E-state index is 12.9. The first-order valence-corrected chi connectivity index (χ1v) is 11.1. The lowest BCUT2D eigenvalue weighted by molar-refractivity contribution is -0.133. The van der Waals surface area contributed by atoms with Gasteiger partial charge in [-0.3, -0.25) is 9.59 Å². The van der Waals surface area contributed by atoms with Crippen molar-refractivity contribution < 1.29 is 9.59 Å². The van der Waals surface area contributed by atoms with Crippen molar-refractivity contribution >= 4 is 53.1 Å². The molecule has 8 heteroatoms. The Balaban J connectivity index is 0.00000306. The highest BCUT2D eigenvalue weighted by atomic mass is 35.5. The number of fused-ring (bicyclic) bond motifs is 1. The lowest BCUT2D eigenvalue weighted by atomic mass is 10.1. The Kier molecular flexibility index (Phi) is 8.38. The molecule has 1 aliphatic heterocycles. The lowest BCUT2D eigenvalue weighted by Crippen LogP contribution is -2.42. The van der Waals surface area contributed by atoms with E-state index in [9.17, 15) is 9.59 Å². The van der Waals surface area contributed by atoms with Crippen LogP contribution in [-0.4, -0.2) is 22.8 Å². The highest BCUT2D eigenvalue weighted by molar-refractivity contribution is 6.35. The molecule has 3 aromatic carbocycles. The van der Waals surface area contributed by atoms with Crippen molar-refractivity contribution in [3.63, 3.8) is 0 Å². The zero-order chi connectivity index (χ0) is 22.7. The summed E-state index contributed by atoms with van der Waals surface area (Å²) < 4.78 is 0. The molecule has 1 aliphatic rings. The summed E-state index contributed by atoms with van der Waals surface area (Å²) in [6, 6.07) is 19.8. The van der Waals surface area contributed by atoms with E-state index >= 15 is 0 Å². The summed E-state index contributed by atoms with van der Waals surface area (Å²) in [4.78, 5) is 27.0. The fourth-order valence-electron chi connectivity index (χ4n) is 3.86. The van der Waals surface area contributed by atoms with Crippen LogP contribution in [0, 0.1) is 0 Å². The number of carbonyl (C=O) groups excluding carboxylic acids is 2. The third-order valence-electron chi connectivity index (χ3n) is 5.50. The van der Waals surface area contributed by atoms with Crippen LogP contribution in [0.3, 0.4) is 0 Å². The van der Waals surface area contributed by atoms with Gasteiger partial charge in [-0.1, -0.05) is 65.7 Å². The molecule has 5 nitrogen and oxygen atoms in total. The Morgan fingerprint density at radius 3 is 2.42 bits per heavy atom. The van der Waals surface area contributed by atoms with Gasteiger partial charge >= 0.3 is 0 Å². The van der Waals surface area contributed by atoms with E-state index < -0.39 is 6.04 Å². The van der Waals surface area contributed by atoms with E-state index in [1.54, 1.807) is 23.1 Å². The first kappa shape index (κ1) is 25.1. The number of nitrogens with zero attached hydrogens (tertiary/aromatic N) is 1. The van der Waals surface area contributed by atoms with Crippen molar-refractivity contribution in [2.24, 2.45) is 5.73 Å². The third-order valence-corrected chi connectivity index (χ3v) is 6.09. The van der Waals surface area contributed by atoms with Gasteiger partial charge in [-0.15, -0.1) is 12.4 Å². The standard InChI is InChI=1S/C25H23Cl2N3O2.ClH/c26-20-8-6-17(22(27)13-20)12-23(28)25(32)30-14-18-7-9-21(11-19(18)15-30)29-24(31)10-16-4-2-1-3-5-16;/h1-9,11,13,23H,10,12,14-15,28H2,(H,29,31);1H/t23-;/m1./s1. The fourth-order valence-corrected chi connectivity index (χ4v) is 4.35. The molecule has 0 aliphatic carbocycles. The smallest absolute Gasteiger partial charge is 0.240 e. The van der Waals surface area contributed by atoms with E-state index in [4.69, 9.17) is 28.9 Å². The van der Waals surface area contributed by atoms with Gasteiger partial charge in [-0.25, -0.2) is 0 Å². The van der Waals surface area contributed by atoms with Gasteiger partial charge in [0.2, 0.25) is 11.8 Å². The Morgan fingerprint density at radius 1 is 0.970 bits per heavy atom. The topological polar surface area (TPSA) is 75.4 Å². The SMILES string of the molecule is Cl.N[C@H](Cc1ccc(Cl)cc1Cl)C(=O)N1Cc2ccc(NC(=O)Cc3ccccc3)cc2C1. The minimum atomic E-state index is -0.701. The van der Waals surface area contributed by atoms with E-state index in [2.05, 4.69) is 5.32 Å². The Labute approximate surface area is 209 Å². The number of hydrogen-bond acceptors (Lipinski definition) is 3. The Bertz CT molecular complexity index is 1150. The van der Waals surface area contributed by atoms with Gasteiger partial charge in [0.05, 0.1) is 12.5 Å². The second-order valence-corrected chi connectivity index (χ2v) is 8.78. The highest BCUT2D eigenvalue weighted by Gasteiger charge is 2.28. The second kappa shape index (κ2) is 11.0. The van der Waals surface area contributed by atoms with Crippen molar-refractivity contribution in [2.45, 2.75) is 32.0 Å². The summed E-state index contributed by atoms with van der Waals surface area (Å²) in [6.07, 6.45) is 0.646. The molecule has 0 saturated carbocycles. The zero-order valence-electron chi connectivity index (χ0n) is 17.8. The van der Waals surface area contributed by atoms with Crippen LogP contribution in [-0.2, 0) is 35.5 Å². The minimum Gasteiger partial charge on any atom is -0.333 e. The van der Waals surface area contributed by atoms with E-state index in [1.165, 1.54) is 0 Å². The van der Waals surface area contributed by atoms with Crippen LogP contribution in [0.15, 0.2) is 66.7 Å². The van der Waals surface area contributed by atoms with Crippen molar-refractivity contribution in [1.82, 2.24) is 4.90 Å². The van der Waals surface area contributed by atoms with Crippen molar-refractivity contribution in [2.75, 3.05) is 5.32 Å². The van der Waals surface area contributed by atoms with E-state index in [0.717, 1.165) is 27.9 Å². The van der Waals surface area contributed by atoms with Crippen LogP contribution in [0.2, 0.25) is 10.0 Å². The number of rotatable bonds is 6. The number of nitrogens with two attached hydrogens (primary N) is 1. The summed E-state index contributed by atoms with van der Waals surface area (Å²) in [7, 11) is 0. The van der Waals surface area contributed by atoms with Gasteiger partial charge < -0.3 is 16.0 Å². The van der Waals surface area contributed by atoms with Gasteiger partial charge in [0.1, 0.15) is 0 Å². The number of anilines is 1. The maximum absolute atomic E-state index is 12.9. The summed E-state index contributed by atoms with van der Waals surface area (Å²) in [5.74, 6) is -0.217. The predicted octanol–water partition coefficient (Wildman–Crippen LogP) is 5.01. The molecule has 0 radical (unpaired) electrons. The molecule has 0 aromatic heterocycles. The molecular weight excluding hydrogens is 481 g/mol. The number of benzene rings is 3. The molecule has 0 bridgehead atoms. The average Bonchev–Trinajstić information content (AvgIpc) is 3.19. The number of halogens is 3. The first-order chi connectivity index (χ1) is 15.4. The van der Waals surface area contributed by atoms with Crippen LogP contribution in [0.25, 0.3) is 0 Å². The second-order valence-electron chi connectivity index (χ2n) is 7.93. The number of hydrogen-bond donors (Lipinski definition) is 2. The summed E-state index contributed by atoms with van der Waals surface area (Å²) in [5.41, 5.74) is 10.7. The molecular formula is C25H24Cl3N3O2. The van der Waals surface area contributed by atoms with E-state index in [0.29, 0.717) is 36.0 Å². The van der Waals surface area contributed by atoms with Crippen LogP contribution in [0.1, 0.15) is 22.3 Å². The summed E-state index contributed by atoms with van der Waals surface area (Å²) >= 11 is 12.2. The van der Waals surface area contributed by atoms with Crippen LogP contribution >= 0.6 is 35.6 Å². The Morgan fingerprint density at radius 2 is 1.70 bits per heavy atom. The molecule has 33 heavy (non-hydrogen) atoms. The molecule has 3 N–H and O–H groups in total. The molecule has 3 aromatic rings. The van der Waals surface area contributed by atoms with Crippen LogP contribution in [0.5, 0.6) is 0 Å². The fraction of sp³-hybridized carbons (Fsp3) is 0.200. The summed E-state index contributed by atoms with van der Waals surface area (Å²) in [5, 5.41) is 3.98. The van der Waals surface area contributed by atoms with Gasteiger partial charge in [-0.2, -0.15) is 0 Å².